The van der Waals surface area contributed by atoms with Crippen molar-refractivity contribution in [3.63, 3.8) is 0 Å². The van der Waals surface area contributed by atoms with E-state index in [4.69, 9.17) is 5.73 Å². The van der Waals surface area contributed by atoms with Crippen molar-refractivity contribution in [2.24, 2.45) is 5.73 Å². The molecule has 6 nitrogen and oxygen atoms in total. The third-order valence-electron chi connectivity index (χ3n) is 4.27. The molecule has 0 saturated carbocycles. The number of rotatable bonds is 5. The molecule has 0 saturated heterocycles. The van der Waals surface area contributed by atoms with Gasteiger partial charge in [0.2, 0.25) is 11.7 Å². The highest BCUT2D eigenvalue weighted by Gasteiger charge is 2.08. The van der Waals surface area contributed by atoms with Gasteiger partial charge in [-0.05, 0) is 34.0 Å². The van der Waals surface area contributed by atoms with E-state index in [9.17, 15) is 4.79 Å². The average molecular weight is 355 g/mol. The predicted molar refractivity (Wildman–Crippen MR) is 103 cm³/mol. The van der Waals surface area contributed by atoms with Crippen molar-refractivity contribution < 1.29 is 4.79 Å². The Morgan fingerprint density at radius 2 is 1.44 bits per heavy atom. The molecule has 2 N–H and O–H groups in total. The van der Waals surface area contributed by atoms with Crippen LogP contribution in [0.1, 0.15) is 15.9 Å². The Hall–Kier alpha value is -3.80. The maximum atomic E-state index is 11.1. The van der Waals surface area contributed by atoms with Gasteiger partial charge in [-0.15, -0.1) is 10.2 Å². The molecular formula is C21H17N5O. The Balaban J connectivity index is 1.48. The standard InChI is InChI=1S/C21H17N5O/c22-20(27)18-10-12-19(13-11-18)21-23-25-26(24-21)14-15-6-8-17(9-7-15)16-4-2-1-3-5-16/h1-13H,14H2,(H2,22,27). The van der Waals surface area contributed by atoms with E-state index >= 15 is 0 Å². The van der Waals surface area contributed by atoms with Crippen LogP contribution in [0.25, 0.3) is 22.5 Å². The molecular weight excluding hydrogens is 338 g/mol. The molecule has 4 rings (SSSR count). The molecule has 0 bridgehead atoms. The second-order valence-electron chi connectivity index (χ2n) is 6.15. The van der Waals surface area contributed by atoms with Gasteiger partial charge in [-0.25, -0.2) is 0 Å². The molecule has 3 aromatic carbocycles. The molecule has 0 aliphatic rings. The summed E-state index contributed by atoms with van der Waals surface area (Å²) in [7, 11) is 0. The Morgan fingerprint density at radius 3 is 2.11 bits per heavy atom. The molecule has 0 fully saturated rings. The van der Waals surface area contributed by atoms with E-state index in [0.717, 1.165) is 11.1 Å². The number of primary amides is 1. The lowest BCUT2D eigenvalue weighted by atomic mass is 10.0. The van der Waals surface area contributed by atoms with Crippen molar-refractivity contribution in [3.05, 3.63) is 90.0 Å². The fourth-order valence-corrected chi connectivity index (χ4v) is 2.81. The summed E-state index contributed by atoms with van der Waals surface area (Å²) in [6.45, 7) is 0.529. The van der Waals surface area contributed by atoms with Crippen LogP contribution in [-0.4, -0.2) is 26.1 Å². The summed E-state index contributed by atoms with van der Waals surface area (Å²) < 4.78 is 0. The smallest absolute Gasteiger partial charge is 0.248 e. The van der Waals surface area contributed by atoms with Crippen molar-refractivity contribution in [2.75, 3.05) is 0 Å². The largest absolute Gasteiger partial charge is 0.366 e. The SMILES string of the molecule is NC(=O)c1ccc(-c2nnn(Cc3ccc(-c4ccccc4)cc3)n2)cc1. The van der Waals surface area contributed by atoms with E-state index < -0.39 is 5.91 Å². The summed E-state index contributed by atoms with van der Waals surface area (Å²) in [6.07, 6.45) is 0. The third kappa shape index (κ3) is 3.74. The van der Waals surface area contributed by atoms with E-state index in [1.807, 2.05) is 18.2 Å². The zero-order chi connectivity index (χ0) is 18.6. The van der Waals surface area contributed by atoms with Crippen LogP contribution in [0, 0.1) is 0 Å². The first kappa shape index (κ1) is 16.7. The maximum absolute atomic E-state index is 11.1. The summed E-state index contributed by atoms with van der Waals surface area (Å²) in [5, 5.41) is 12.6. The summed E-state index contributed by atoms with van der Waals surface area (Å²) in [5.41, 5.74) is 9.92. The molecule has 1 heterocycles. The van der Waals surface area contributed by atoms with E-state index in [-0.39, 0.29) is 0 Å². The first-order valence-corrected chi connectivity index (χ1v) is 8.51. The van der Waals surface area contributed by atoms with Gasteiger partial charge in [0.15, 0.2) is 0 Å². The molecule has 0 aliphatic carbocycles. The minimum Gasteiger partial charge on any atom is -0.366 e. The first-order valence-electron chi connectivity index (χ1n) is 8.51. The molecule has 6 heteroatoms. The fourth-order valence-electron chi connectivity index (χ4n) is 2.81. The van der Waals surface area contributed by atoms with Crippen LogP contribution in [0.5, 0.6) is 0 Å². The van der Waals surface area contributed by atoms with Crippen LogP contribution < -0.4 is 5.73 Å². The van der Waals surface area contributed by atoms with Crippen LogP contribution in [0.2, 0.25) is 0 Å². The molecule has 27 heavy (non-hydrogen) atoms. The van der Waals surface area contributed by atoms with E-state index in [0.29, 0.717) is 17.9 Å². The Morgan fingerprint density at radius 1 is 0.815 bits per heavy atom. The lowest BCUT2D eigenvalue weighted by Gasteiger charge is -2.04. The number of carbonyl (C=O) groups excluding carboxylic acids is 1. The number of carbonyl (C=O) groups is 1. The quantitative estimate of drug-likeness (QED) is 0.596. The third-order valence-corrected chi connectivity index (χ3v) is 4.27. The van der Waals surface area contributed by atoms with Crippen LogP contribution in [-0.2, 0) is 6.54 Å². The lowest BCUT2D eigenvalue weighted by molar-refractivity contribution is 0.100. The van der Waals surface area contributed by atoms with Gasteiger partial charge in [0.05, 0.1) is 6.54 Å². The Bertz CT molecular complexity index is 1050. The molecule has 0 aliphatic heterocycles. The predicted octanol–water partition coefficient (Wildman–Crippen LogP) is 3.15. The number of tetrazole rings is 1. The summed E-state index contributed by atoms with van der Waals surface area (Å²) in [4.78, 5) is 12.7. The van der Waals surface area contributed by atoms with Gasteiger partial charge in [0.1, 0.15) is 0 Å². The van der Waals surface area contributed by atoms with Gasteiger partial charge in [0, 0.05) is 11.1 Å². The van der Waals surface area contributed by atoms with Crippen molar-refractivity contribution in [3.8, 4) is 22.5 Å². The van der Waals surface area contributed by atoms with Gasteiger partial charge in [0.25, 0.3) is 0 Å². The molecule has 0 spiro atoms. The van der Waals surface area contributed by atoms with E-state index in [2.05, 4.69) is 51.8 Å². The molecule has 0 unspecified atom stereocenters. The van der Waals surface area contributed by atoms with Gasteiger partial charge in [-0.1, -0.05) is 66.7 Å². The van der Waals surface area contributed by atoms with Crippen molar-refractivity contribution in [1.82, 2.24) is 20.2 Å². The van der Waals surface area contributed by atoms with Crippen molar-refractivity contribution in [2.45, 2.75) is 6.54 Å². The number of aromatic nitrogens is 4. The highest BCUT2D eigenvalue weighted by atomic mass is 16.1. The number of hydrogen-bond acceptors (Lipinski definition) is 4. The average Bonchev–Trinajstić information content (AvgIpc) is 3.18. The number of benzene rings is 3. The topological polar surface area (TPSA) is 86.7 Å². The van der Waals surface area contributed by atoms with Gasteiger partial charge in [-0.3, -0.25) is 4.79 Å². The minimum absolute atomic E-state index is 0.449. The summed E-state index contributed by atoms with van der Waals surface area (Å²) >= 11 is 0. The van der Waals surface area contributed by atoms with Crippen molar-refractivity contribution in [1.29, 1.82) is 0 Å². The van der Waals surface area contributed by atoms with Gasteiger partial charge >= 0.3 is 0 Å². The highest BCUT2D eigenvalue weighted by Crippen LogP contribution is 2.20. The second kappa shape index (κ2) is 7.21. The molecule has 0 atom stereocenters. The van der Waals surface area contributed by atoms with Crippen LogP contribution in [0.4, 0.5) is 0 Å². The fraction of sp³-hybridized carbons (Fsp3) is 0.0476. The molecule has 1 aromatic heterocycles. The molecule has 0 radical (unpaired) electrons. The normalized spacial score (nSPS) is 10.7. The summed E-state index contributed by atoms with van der Waals surface area (Å²) in [6, 6.07) is 25.4. The van der Waals surface area contributed by atoms with Crippen molar-refractivity contribution >= 4 is 5.91 Å². The lowest BCUT2D eigenvalue weighted by Crippen LogP contribution is -2.10. The number of hydrogen-bond donors (Lipinski definition) is 1. The van der Waals surface area contributed by atoms with Crippen LogP contribution >= 0.6 is 0 Å². The van der Waals surface area contributed by atoms with E-state index in [1.165, 1.54) is 11.1 Å². The minimum atomic E-state index is -0.461. The number of nitrogens with zero attached hydrogens (tertiary/aromatic N) is 4. The highest BCUT2D eigenvalue weighted by molar-refractivity contribution is 5.93. The zero-order valence-electron chi connectivity index (χ0n) is 14.5. The maximum Gasteiger partial charge on any atom is 0.248 e. The number of amides is 1. The van der Waals surface area contributed by atoms with Crippen LogP contribution in [0.15, 0.2) is 78.9 Å². The first-order chi connectivity index (χ1) is 13.2. The van der Waals surface area contributed by atoms with E-state index in [1.54, 1.807) is 29.1 Å². The second-order valence-corrected chi connectivity index (χ2v) is 6.15. The monoisotopic (exact) mass is 355 g/mol. The summed E-state index contributed by atoms with van der Waals surface area (Å²) in [5.74, 6) is 0.0454. The Kier molecular flexibility index (Phi) is 4.45. The molecule has 4 aromatic rings. The van der Waals surface area contributed by atoms with Gasteiger partial charge < -0.3 is 5.73 Å². The zero-order valence-corrected chi connectivity index (χ0v) is 14.5. The number of nitrogens with two attached hydrogens (primary N) is 1. The molecule has 132 valence electrons. The van der Waals surface area contributed by atoms with Gasteiger partial charge in [-0.2, -0.15) is 4.80 Å². The molecule has 1 amide bonds. The van der Waals surface area contributed by atoms with Crippen LogP contribution in [0.3, 0.4) is 0 Å². The Labute approximate surface area is 156 Å².